The molecule has 2 heteroatoms. The molecule has 0 atom stereocenters. The molecular formula is C24H15ClO. The summed E-state index contributed by atoms with van der Waals surface area (Å²) in [7, 11) is 0. The van der Waals surface area contributed by atoms with E-state index >= 15 is 0 Å². The molecule has 1 nitrogen and oxygen atoms in total. The Morgan fingerprint density at radius 2 is 1.31 bits per heavy atom. The highest BCUT2D eigenvalue weighted by Gasteiger charge is 2.14. The van der Waals surface area contributed by atoms with Crippen molar-refractivity contribution in [3.8, 4) is 22.3 Å². The second-order valence-corrected chi connectivity index (χ2v) is 6.81. The molecule has 0 unspecified atom stereocenters. The van der Waals surface area contributed by atoms with Gasteiger partial charge in [-0.2, -0.15) is 0 Å². The lowest BCUT2D eigenvalue weighted by Gasteiger charge is -2.07. The van der Waals surface area contributed by atoms with E-state index in [9.17, 15) is 0 Å². The molecule has 0 N–H and O–H groups in total. The molecule has 4 aromatic carbocycles. The average Bonchev–Trinajstić information content (AvgIpc) is 3.07. The van der Waals surface area contributed by atoms with E-state index in [0.717, 1.165) is 33.1 Å². The van der Waals surface area contributed by atoms with Crippen LogP contribution in [-0.2, 0) is 0 Å². The summed E-state index contributed by atoms with van der Waals surface area (Å²) < 4.78 is 6.18. The van der Waals surface area contributed by atoms with Crippen LogP contribution in [0.2, 0.25) is 5.02 Å². The lowest BCUT2D eigenvalue weighted by atomic mass is 9.98. The van der Waals surface area contributed by atoms with Crippen LogP contribution in [0.1, 0.15) is 0 Å². The smallest absolute Gasteiger partial charge is 0.143 e. The molecule has 1 heterocycles. The van der Waals surface area contributed by atoms with E-state index in [-0.39, 0.29) is 0 Å². The maximum Gasteiger partial charge on any atom is 0.143 e. The minimum atomic E-state index is 0.712. The molecular weight excluding hydrogens is 340 g/mol. The Morgan fingerprint density at radius 3 is 2.19 bits per heavy atom. The molecule has 0 amide bonds. The fourth-order valence-corrected chi connectivity index (χ4v) is 3.72. The van der Waals surface area contributed by atoms with Crippen LogP contribution in [0.15, 0.2) is 95.4 Å². The number of fused-ring (bicyclic) bond motifs is 3. The fourth-order valence-electron chi connectivity index (χ4n) is 3.50. The first kappa shape index (κ1) is 15.2. The van der Waals surface area contributed by atoms with Crippen LogP contribution in [0.5, 0.6) is 0 Å². The second-order valence-electron chi connectivity index (χ2n) is 6.38. The highest BCUT2D eigenvalue weighted by Crippen LogP contribution is 2.38. The molecule has 5 rings (SSSR count). The van der Waals surface area contributed by atoms with Crippen molar-refractivity contribution in [3.05, 3.63) is 96.0 Å². The monoisotopic (exact) mass is 354 g/mol. The van der Waals surface area contributed by atoms with Gasteiger partial charge in [0, 0.05) is 21.4 Å². The van der Waals surface area contributed by atoms with Gasteiger partial charge in [0.15, 0.2) is 0 Å². The Balaban J connectivity index is 1.77. The summed E-state index contributed by atoms with van der Waals surface area (Å²) in [5.41, 5.74) is 6.23. The first-order valence-electron chi connectivity index (χ1n) is 8.56. The quantitative estimate of drug-likeness (QED) is 0.318. The first-order chi connectivity index (χ1) is 12.8. The van der Waals surface area contributed by atoms with Crippen molar-refractivity contribution in [3.63, 3.8) is 0 Å². The average molecular weight is 355 g/mol. The van der Waals surface area contributed by atoms with E-state index in [1.54, 1.807) is 0 Å². The molecule has 5 aromatic rings. The molecule has 0 aliphatic rings. The second kappa shape index (κ2) is 6.05. The first-order valence-corrected chi connectivity index (χ1v) is 8.94. The van der Waals surface area contributed by atoms with Gasteiger partial charge in [-0.3, -0.25) is 0 Å². The summed E-state index contributed by atoms with van der Waals surface area (Å²) in [6.45, 7) is 0. The van der Waals surface area contributed by atoms with Crippen LogP contribution in [-0.4, -0.2) is 0 Å². The minimum absolute atomic E-state index is 0.712. The SMILES string of the molecule is Clc1cc(-c2cccc(-c3ccccc3)c2)c2oc3ccccc3c2c1. The Labute approximate surface area is 156 Å². The molecule has 0 aliphatic heterocycles. The van der Waals surface area contributed by atoms with E-state index in [4.69, 9.17) is 16.0 Å². The summed E-state index contributed by atoms with van der Waals surface area (Å²) in [6.07, 6.45) is 0. The zero-order valence-electron chi connectivity index (χ0n) is 13.9. The van der Waals surface area contributed by atoms with Crippen molar-refractivity contribution in [1.82, 2.24) is 0 Å². The van der Waals surface area contributed by atoms with Gasteiger partial charge in [0.05, 0.1) is 0 Å². The predicted octanol–water partition coefficient (Wildman–Crippen LogP) is 7.57. The molecule has 124 valence electrons. The number of para-hydroxylation sites is 1. The van der Waals surface area contributed by atoms with Gasteiger partial charge in [-0.25, -0.2) is 0 Å². The Hall–Kier alpha value is -3.03. The van der Waals surface area contributed by atoms with Crippen LogP contribution in [0.25, 0.3) is 44.2 Å². The van der Waals surface area contributed by atoms with Crippen LogP contribution >= 0.6 is 11.6 Å². The number of benzene rings is 4. The largest absolute Gasteiger partial charge is 0.455 e. The minimum Gasteiger partial charge on any atom is -0.455 e. The van der Waals surface area contributed by atoms with Gasteiger partial charge in [-0.15, -0.1) is 0 Å². The molecule has 0 saturated heterocycles. The molecule has 0 fully saturated rings. The summed E-state index contributed by atoms with van der Waals surface area (Å²) >= 11 is 6.45. The van der Waals surface area contributed by atoms with Gasteiger partial charge in [-0.1, -0.05) is 78.3 Å². The summed E-state index contributed by atoms with van der Waals surface area (Å²) in [4.78, 5) is 0. The van der Waals surface area contributed by atoms with Crippen LogP contribution in [0.4, 0.5) is 0 Å². The van der Waals surface area contributed by atoms with Crippen molar-refractivity contribution in [2.75, 3.05) is 0 Å². The van der Waals surface area contributed by atoms with Crippen molar-refractivity contribution >= 4 is 33.5 Å². The molecule has 0 bridgehead atoms. The van der Waals surface area contributed by atoms with Crippen LogP contribution in [0.3, 0.4) is 0 Å². The molecule has 0 spiro atoms. The number of halogens is 1. The molecule has 0 radical (unpaired) electrons. The summed E-state index contributed by atoms with van der Waals surface area (Å²) in [5, 5.41) is 2.85. The van der Waals surface area contributed by atoms with Crippen LogP contribution in [0, 0.1) is 0 Å². The Kier molecular flexibility index (Phi) is 3.55. The van der Waals surface area contributed by atoms with Crippen molar-refractivity contribution < 1.29 is 4.42 Å². The van der Waals surface area contributed by atoms with E-state index in [2.05, 4.69) is 54.6 Å². The Morgan fingerprint density at radius 1 is 0.577 bits per heavy atom. The molecule has 0 saturated carbocycles. The third-order valence-electron chi connectivity index (χ3n) is 4.72. The predicted molar refractivity (Wildman–Crippen MR) is 110 cm³/mol. The third kappa shape index (κ3) is 2.49. The molecule has 0 aliphatic carbocycles. The van der Waals surface area contributed by atoms with E-state index in [0.29, 0.717) is 5.02 Å². The van der Waals surface area contributed by atoms with E-state index < -0.39 is 0 Å². The van der Waals surface area contributed by atoms with Gasteiger partial charge >= 0.3 is 0 Å². The van der Waals surface area contributed by atoms with Crippen molar-refractivity contribution in [2.45, 2.75) is 0 Å². The lowest BCUT2D eigenvalue weighted by molar-refractivity contribution is 0.670. The summed E-state index contributed by atoms with van der Waals surface area (Å²) in [6, 6.07) is 30.9. The number of rotatable bonds is 2. The van der Waals surface area contributed by atoms with Crippen molar-refractivity contribution in [2.24, 2.45) is 0 Å². The standard InChI is InChI=1S/C24H15ClO/c25-19-14-21(24-22(15-19)20-11-4-5-12-23(20)26-24)18-10-6-9-17(13-18)16-7-2-1-3-8-16/h1-15H. The topological polar surface area (TPSA) is 13.1 Å². The zero-order valence-corrected chi connectivity index (χ0v) is 14.7. The zero-order chi connectivity index (χ0) is 17.5. The summed E-state index contributed by atoms with van der Waals surface area (Å²) in [5.74, 6) is 0. The van der Waals surface area contributed by atoms with Crippen molar-refractivity contribution in [1.29, 1.82) is 0 Å². The van der Waals surface area contributed by atoms with Gasteiger partial charge < -0.3 is 4.42 Å². The van der Waals surface area contributed by atoms with Crippen LogP contribution < -0.4 is 0 Å². The van der Waals surface area contributed by atoms with E-state index in [1.165, 1.54) is 11.1 Å². The van der Waals surface area contributed by atoms with E-state index in [1.807, 2.05) is 36.4 Å². The molecule has 1 aromatic heterocycles. The Bertz CT molecular complexity index is 1240. The highest BCUT2D eigenvalue weighted by molar-refractivity contribution is 6.32. The normalized spacial score (nSPS) is 11.3. The van der Waals surface area contributed by atoms with Gasteiger partial charge in [-0.05, 0) is 41.0 Å². The fraction of sp³-hybridized carbons (Fsp3) is 0. The lowest BCUT2D eigenvalue weighted by Crippen LogP contribution is -1.82. The third-order valence-corrected chi connectivity index (χ3v) is 4.94. The van der Waals surface area contributed by atoms with Gasteiger partial charge in [0.25, 0.3) is 0 Å². The van der Waals surface area contributed by atoms with Gasteiger partial charge in [0.1, 0.15) is 11.2 Å². The maximum atomic E-state index is 6.45. The van der Waals surface area contributed by atoms with Gasteiger partial charge in [0.2, 0.25) is 0 Å². The maximum absolute atomic E-state index is 6.45. The number of hydrogen-bond donors (Lipinski definition) is 0. The highest BCUT2D eigenvalue weighted by atomic mass is 35.5. The number of hydrogen-bond acceptors (Lipinski definition) is 1. The molecule has 26 heavy (non-hydrogen) atoms. The number of furan rings is 1.